The minimum atomic E-state index is -0.0877. The molecule has 2 fully saturated rings. The third kappa shape index (κ3) is 4.01. The summed E-state index contributed by atoms with van der Waals surface area (Å²) in [6, 6.07) is 6.08. The number of rotatable bonds is 4. The van der Waals surface area contributed by atoms with E-state index in [1.165, 1.54) is 11.3 Å². The van der Waals surface area contributed by atoms with Gasteiger partial charge < -0.3 is 10.2 Å². The smallest absolute Gasteiger partial charge is 0.229 e. The summed E-state index contributed by atoms with van der Waals surface area (Å²) in [5.74, 6) is 0.0801. The van der Waals surface area contributed by atoms with Crippen LogP contribution in [0.3, 0.4) is 0 Å². The third-order valence-corrected chi connectivity index (χ3v) is 6.27. The van der Waals surface area contributed by atoms with Gasteiger partial charge in [-0.05, 0) is 56.4 Å². The first-order chi connectivity index (χ1) is 13.5. The Morgan fingerprint density at radius 2 is 1.86 bits per heavy atom. The van der Waals surface area contributed by atoms with Gasteiger partial charge in [-0.1, -0.05) is 17.4 Å². The molecule has 3 heterocycles. The van der Waals surface area contributed by atoms with E-state index in [1.54, 1.807) is 4.90 Å². The highest BCUT2D eigenvalue weighted by atomic mass is 32.1. The largest absolute Gasteiger partial charge is 0.346 e. The molecule has 2 aliphatic heterocycles. The molecule has 2 amide bonds. The van der Waals surface area contributed by atoms with Crippen molar-refractivity contribution < 1.29 is 9.59 Å². The van der Waals surface area contributed by atoms with Gasteiger partial charge in [0.25, 0.3) is 0 Å². The van der Waals surface area contributed by atoms with Crippen molar-refractivity contribution in [2.24, 2.45) is 5.92 Å². The summed E-state index contributed by atoms with van der Waals surface area (Å²) in [6.07, 6.45) is 3.25. The molecule has 0 bridgehead atoms. The van der Waals surface area contributed by atoms with Crippen molar-refractivity contribution in [2.75, 3.05) is 34.8 Å². The third-order valence-electron chi connectivity index (χ3n) is 5.26. The van der Waals surface area contributed by atoms with E-state index in [1.807, 2.05) is 26.0 Å². The molecule has 4 rings (SSSR count). The summed E-state index contributed by atoms with van der Waals surface area (Å²) in [7, 11) is 0. The average Bonchev–Trinajstić information content (AvgIpc) is 3.29. The summed E-state index contributed by atoms with van der Waals surface area (Å²) in [5.41, 5.74) is 3.13. The molecule has 1 N–H and O–H groups in total. The topological polar surface area (TPSA) is 78.4 Å². The maximum Gasteiger partial charge on any atom is 0.229 e. The molecule has 0 unspecified atom stereocenters. The zero-order chi connectivity index (χ0) is 19.7. The predicted molar refractivity (Wildman–Crippen MR) is 111 cm³/mol. The Morgan fingerprint density at radius 3 is 2.57 bits per heavy atom. The molecule has 2 aromatic rings. The van der Waals surface area contributed by atoms with E-state index in [0.717, 1.165) is 47.8 Å². The zero-order valence-electron chi connectivity index (χ0n) is 16.3. The van der Waals surface area contributed by atoms with Crippen LogP contribution in [0.1, 0.15) is 36.8 Å². The van der Waals surface area contributed by atoms with Crippen LogP contribution in [-0.4, -0.2) is 41.6 Å². The van der Waals surface area contributed by atoms with Crippen molar-refractivity contribution in [1.29, 1.82) is 0 Å². The Kier molecular flexibility index (Phi) is 5.30. The van der Waals surface area contributed by atoms with Crippen LogP contribution >= 0.6 is 11.3 Å². The van der Waals surface area contributed by atoms with Crippen LogP contribution in [0.15, 0.2) is 18.2 Å². The van der Waals surface area contributed by atoms with E-state index >= 15 is 0 Å². The van der Waals surface area contributed by atoms with Crippen LogP contribution in [0.5, 0.6) is 0 Å². The minimum Gasteiger partial charge on any atom is -0.346 e. The number of aryl methyl sites for hydroxylation is 2. The maximum absolute atomic E-state index is 12.8. The maximum atomic E-state index is 12.8. The summed E-state index contributed by atoms with van der Waals surface area (Å²) in [6.45, 7) is 6.26. The van der Waals surface area contributed by atoms with Crippen LogP contribution in [0.4, 0.5) is 16.0 Å². The number of amides is 2. The fourth-order valence-corrected chi connectivity index (χ4v) is 4.88. The molecular formula is C20H25N5O2S. The number of benzene rings is 1. The van der Waals surface area contributed by atoms with Crippen LogP contribution in [0.25, 0.3) is 0 Å². The van der Waals surface area contributed by atoms with Gasteiger partial charge in [-0.3, -0.25) is 14.5 Å². The molecule has 0 radical (unpaired) electrons. The van der Waals surface area contributed by atoms with Gasteiger partial charge in [0.1, 0.15) is 0 Å². The zero-order valence-corrected chi connectivity index (χ0v) is 17.1. The van der Waals surface area contributed by atoms with E-state index in [0.29, 0.717) is 24.6 Å². The van der Waals surface area contributed by atoms with Gasteiger partial charge in [0.05, 0.1) is 5.92 Å². The summed E-state index contributed by atoms with van der Waals surface area (Å²) in [4.78, 5) is 28.6. The molecule has 0 aliphatic carbocycles. The SMILES string of the molecule is Cc1cc(C)cc(NC(=O)[C@@H]2CCCN(c3nnc(N4CCCC4=O)s3)C2)c1. The first-order valence-corrected chi connectivity index (χ1v) is 10.6. The molecule has 0 saturated carbocycles. The Bertz CT molecular complexity index is 876. The molecular weight excluding hydrogens is 374 g/mol. The van der Waals surface area contributed by atoms with Gasteiger partial charge in [-0.25, -0.2) is 0 Å². The Labute approximate surface area is 168 Å². The quantitative estimate of drug-likeness (QED) is 0.855. The monoisotopic (exact) mass is 399 g/mol. The highest BCUT2D eigenvalue weighted by Crippen LogP contribution is 2.32. The number of anilines is 3. The molecule has 2 saturated heterocycles. The lowest BCUT2D eigenvalue weighted by Gasteiger charge is -2.31. The first kappa shape index (κ1) is 18.9. The second-order valence-corrected chi connectivity index (χ2v) is 8.60. The van der Waals surface area contributed by atoms with Crippen molar-refractivity contribution in [2.45, 2.75) is 39.5 Å². The van der Waals surface area contributed by atoms with Crippen LogP contribution in [0, 0.1) is 19.8 Å². The second-order valence-electron chi connectivity index (χ2n) is 7.67. The van der Waals surface area contributed by atoms with Crippen molar-refractivity contribution in [3.8, 4) is 0 Å². The number of carbonyl (C=O) groups excluding carboxylic acids is 2. The molecule has 1 atom stereocenters. The Balaban J connectivity index is 1.42. The molecule has 8 heteroatoms. The molecule has 1 aromatic carbocycles. The number of hydrogen-bond donors (Lipinski definition) is 1. The Hall–Kier alpha value is -2.48. The minimum absolute atomic E-state index is 0.0501. The van der Waals surface area contributed by atoms with Gasteiger partial charge in [0.2, 0.25) is 22.1 Å². The van der Waals surface area contributed by atoms with Crippen molar-refractivity contribution >= 4 is 39.1 Å². The molecule has 7 nitrogen and oxygen atoms in total. The van der Waals surface area contributed by atoms with E-state index in [-0.39, 0.29) is 17.7 Å². The highest BCUT2D eigenvalue weighted by Gasteiger charge is 2.30. The van der Waals surface area contributed by atoms with E-state index < -0.39 is 0 Å². The summed E-state index contributed by atoms with van der Waals surface area (Å²) < 4.78 is 0. The number of hydrogen-bond acceptors (Lipinski definition) is 6. The van der Waals surface area contributed by atoms with Crippen molar-refractivity contribution in [1.82, 2.24) is 10.2 Å². The molecule has 148 valence electrons. The lowest BCUT2D eigenvalue weighted by Crippen LogP contribution is -2.40. The number of carbonyl (C=O) groups is 2. The Morgan fingerprint density at radius 1 is 1.11 bits per heavy atom. The number of nitrogens with one attached hydrogen (secondary N) is 1. The van der Waals surface area contributed by atoms with Crippen LogP contribution in [0.2, 0.25) is 0 Å². The van der Waals surface area contributed by atoms with E-state index in [2.05, 4.69) is 26.5 Å². The lowest BCUT2D eigenvalue weighted by atomic mass is 9.97. The summed E-state index contributed by atoms with van der Waals surface area (Å²) in [5, 5.41) is 13.0. The fourth-order valence-electron chi connectivity index (χ4n) is 3.95. The number of aromatic nitrogens is 2. The van der Waals surface area contributed by atoms with Crippen molar-refractivity contribution in [3.05, 3.63) is 29.3 Å². The number of piperidine rings is 1. The number of nitrogens with zero attached hydrogens (tertiary/aromatic N) is 4. The van der Waals surface area contributed by atoms with Crippen LogP contribution < -0.4 is 15.1 Å². The molecule has 1 aromatic heterocycles. The highest BCUT2D eigenvalue weighted by molar-refractivity contribution is 7.19. The normalized spacial score (nSPS) is 19.9. The molecule has 28 heavy (non-hydrogen) atoms. The van der Waals surface area contributed by atoms with Gasteiger partial charge >= 0.3 is 0 Å². The standard InChI is InChI=1S/C20H25N5O2S/c1-13-9-14(2)11-16(10-13)21-18(27)15-5-3-7-24(12-15)19-22-23-20(28-19)25-8-4-6-17(25)26/h9-11,15H,3-8,12H2,1-2H3,(H,21,27)/t15-/m1/s1. The van der Waals surface area contributed by atoms with Crippen molar-refractivity contribution in [3.63, 3.8) is 0 Å². The first-order valence-electron chi connectivity index (χ1n) is 9.77. The van der Waals surface area contributed by atoms with Gasteiger partial charge in [0, 0.05) is 31.7 Å². The molecule has 0 spiro atoms. The lowest BCUT2D eigenvalue weighted by molar-refractivity contribution is -0.120. The predicted octanol–water partition coefficient (Wildman–Crippen LogP) is 3.14. The van der Waals surface area contributed by atoms with E-state index in [9.17, 15) is 9.59 Å². The van der Waals surface area contributed by atoms with E-state index in [4.69, 9.17) is 0 Å². The average molecular weight is 400 g/mol. The fraction of sp³-hybridized carbons (Fsp3) is 0.500. The van der Waals surface area contributed by atoms with Gasteiger partial charge in [0.15, 0.2) is 0 Å². The second kappa shape index (κ2) is 7.87. The van der Waals surface area contributed by atoms with Gasteiger partial charge in [-0.15, -0.1) is 10.2 Å². The van der Waals surface area contributed by atoms with Gasteiger partial charge in [-0.2, -0.15) is 0 Å². The molecule has 2 aliphatic rings. The summed E-state index contributed by atoms with van der Waals surface area (Å²) >= 11 is 1.44. The van der Waals surface area contributed by atoms with Crippen LogP contribution in [-0.2, 0) is 9.59 Å².